The van der Waals surface area contributed by atoms with E-state index >= 15 is 0 Å². The number of rotatable bonds is 4. The fourth-order valence-electron chi connectivity index (χ4n) is 4.71. The Morgan fingerprint density at radius 2 is 1.79 bits per heavy atom. The second kappa shape index (κ2) is 8.24. The number of nitrogens with zero attached hydrogens (tertiary/aromatic N) is 1. The molecule has 0 radical (unpaired) electrons. The van der Waals surface area contributed by atoms with Crippen molar-refractivity contribution < 1.29 is 9.84 Å². The van der Waals surface area contributed by atoms with Crippen LogP contribution in [0.5, 0.6) is 5.75 Å². The average Bonchev–Trinajstić information content (AvgIpc) is 2.72. The molecule has 2 atom stereocenters. The molecule has 0 aliphatic carbocycles. The van der Waals surface area contributed by atoms with E-state index in [0.29, 0.717) is 18.2 Å². The molecule has 1 fully saturated rings. The number of phenols is 1. The molecule has 2 heterocycles. The van der Waals surface area contributed by atoms with E-state index in [-0.39, 0.29) is 12.2 Å². The van der Waals surface area contributed by atoms with Gasteiger partial charge in [-0.2, -0.15) is 0 Å². The highest BCUT2D eigenvalue weighted by Gasteiger charge is 2.35. The molecule has 4 rings (SSSR count). The van der Waals surface area contributed by atoms with Gasteiger partial charge in [-0.05, 0) is 62.4 Å². The van der Waals surface area contributed by atoms with Gasteiger partial charge in [0.25, 0.3) is 0 Å². The number of benzene rings is 2. The number of piperidine rings is 1. The molecule has 2 aromatic carbocycles. The van der Waals surface area contributed by atoms with Gasteiger partial charge < -0.3 is 15.6 Å². The molecule has 0 bridgehead atoms. The van der Waals surface area contributed by atoms with E-state index in [2.05, 4.69) is 42.2 Å². The van der Waals surface area contributed by atoms with E-state index < -0.39 is 0 Å². The Morgan fingerprint density at radius 3 is 2.46 bits per heavy atom. The van der Waals surface area contributed by atoms with Gasteiger partial charge in [0.05, 0.1) is 12.2 Å². The van der Waals surface area contributed by atoms with E-state index in [0.717, 1.165) is 55.6 Å². The maximum atomic E-state index is 10.6. The lowest BCUT2D eigenvalue weighted by atomic mass is 9.83. The first kappa shape index (κ1) is 19.4. The standard InChI is InChI=1S/C24H32N2O2/c1-16-3-6-18(7-4-16)15-26-11-9-19(10-12-26)22-13-21-20(23(14-25)28-22)8-5-17(2)24(21)27/h3-8,19,22-23,27H,9-15,25H2,1-2H3/t22-,23-/m0/s1. The van der Waals surface area contributed by atoms with Gasteiger partial charge in [0.1, 0.15) is 5.75 Å². The quantitative estimate of drug-likeness (QED) is 0.846. The predicted octanol–water partition coefficient (Wildman–Crippen LogP) is 3.86. The first-order valence-corrected chi connectivity index (χ1v) is 10.5. The van der Waals surface area contributed by atoms with Crippen molar-refractivity contribution in [3.63, 3.8) is 0 Å². The number of hydrogen-bond acceptors (Lipinski definition) is 4. The molecule has 1 saturated heterocycles. The van der Waals surface area contributed by atoms with Crippen molar-refractivity contribution >= 4 is 0 Å². The number of nitrogens with two attached hydrogens (primary N) is 1. The third-order valence-corrected chi connectivity index (χ3v) is 6.51. The number of ether oxygens (including phenoxy) is 1. The van der Waals surface area contributed by atoms with E-state index in [9.17, 15) is 5.11 Å². The summed E-state index contributed by atoms with van der Waals surface area (Å²) in [5, 5.41) is 10.6. The monoisotopic (exact) mass is 380 g/mol. The van der Waals surface area contributed by atoms with Crippen molar-refractivity contribution in [2.75, 3.05) is 19.6 Å². The predicted molar refractivity (Wildman–Crippen MR) is 112 cm³/mol. The molecule has 4 heteroatoms. The Morgan fingerprint density at radius 1 is 1.07 bits per heavy atom. The molecule has 0 amide bonds. The van der Waals surface area contributed by atoms with Crippen LogP contribution in [0.15, 0.2) is 36.4 Å². The third kappa shape index (κ3) is 3.95. The minimum Gasteiger partial charge on any atom is -0.507 e. The van der Waals surface area contributed by atoms with Gasteiger partial charge in [-0.15, -0.1) is 0 Å². The number of phenolic OH excluding ortho intramolecular Hbond substituents is 1. The van der Waals surface area contributed by atoms with Crippen molar-refractivity contribution in [2.45, 2.75) is 51.9 Å². The van der Waals surface area contributed by atoms with Gasteiger partial charge in [-0.25, -0.2) is 0 Å². The largest absolute Gasteiger partial charge is 0.507 e. The number of hydrogen-bond donors (Lipinski definition) is 2. The summed E-state index contributed by atoms with van der Waals surface area (Å²) in [5.74, 6) is 0.956. The minimum absolute atomic E-state index is 0.106. The molecule has 3 N–H and O–H groups in total. The summed E-state index contributed by atoms with van der Waals surface area (Å²) in [7, 11) is 0. The lowest BCUT2D eigenvalue weighted by Crippen LogP contribution is -2.41. The average molecular weight is 381 g/mol. The van der Waals surface area contributed by atoms with Crippen molar-refractivity contribution in [1.29, 1.82) is 0 Å². The molecule has 0 spiro atoms. The number of fused-ring (bicyclic) bond motifs is 1. The number of aryl methyl sites for hydroxylation is 2. The molecular weight excluding hydrogens is 348 g/mol. The number of likely N-dealkylation sites (tertiary alicyclic amines) is 1. The molecule has 0 unspecified atom stereocenters. The highest BCUT2D eigenvalue weighted by Crippen LogP contribution is 2.40. The Kier molecular flexibility index (Phi) is 5.72. The Labute approximate surface area is 168 Å². The zero-order valence-corrected chi connectivity index (χ0v) is 17.0. The highest BCUT2D eigenvalue weighted by atomic mass is 16.5. The summed E-state index contributed by atoms with van der Waals surface area (Å²) in [6.07, 6.45) is 3.11. The second-order valence-electron chi connectivity index (χ2n) is 8.50. The summed E-state index contributed by atoms with van der Waals surface area (Å²) >= 11 is 0. The van der Waals surface area contributed by atoms with Crippen LogP contribution in [0.25, 0.3) is 0 Å². The summed E-state index contributed by atoms with van der Waals surface area (Å²) in [5.41, 5.74) is 11.7. The van der Waals surface area contributed by atoms with Crippen LogP contribution in [0.1, 0.15) is 46.8 Å². The molecule has 2 aromatic rings. The van der Waals surface area contributed by atoms with Gasteiger partial charge in [-0.1, -0.05) is 42.0 Å². The lowest BCUT2D eigenvalue weighted by molar-refractivity contribution is -0.0651. The van der Waals surface area contributed by atoms with Gasteiger partial charge in [0, 0.05) is 25.1 Å². The third-order valence-electron chi connectivity index (χ3n) is 6.51. The minimum atomic E-state index is -0.106. The van der Waals surface area contributed by atoms with Gasteiger partial charge in [0.2, 0.25) is 0 Å². The maximum Gasteiger partial charge on any atom is 0.122 e. The van der Waals surface area contributed by atoms with Crippen LogP contribution in [-0.4, -0.2) is 35.7 Å². The van der Waals surface area contributed by atoms with E-state index in [1.54, 1.807) is 0 Å². The lowest BCUT2D eigenvalue weighted by Gasteiger charge is -2.40. The van der Waals surface area contributed by atoms with Crippen molar-refractivity contribution in [2.24, 2.45) is 11.7 Å². The molecule has 28 heavy (non-hydrogen) atoms. The van der Waals surface area contributed by atoms with Crippen molar-refractivity contribution in [1.82, 2.24) is 4.90 Å². The van der Waals surface area contributed by atoms with Crippen LogP contribution < -0.4 is 5.73 Å². The van der Waals surface area contributed by atoms with Crippen LogP contribution in [-0.2, 0) is 17.7 Å². The van der Waals surface area contributed by atoms with Crippen LogP contribution >= 0.6 is 0 Å². The summed E-state index contributed by atoms with van der Waals surface area (Å²) in [4.78, 5) is 2.54. The Balaban J connectivity index is 1.40. The molecule has 150 valence electrons. The summed E-state index contributed by atoms with van der Waals surface area (Å²) in [6.45, 7) is 7.76. The Hall–Kier alpha value is -1.88. The van der Waals surface area contributed by atoms with Crippen molar-refractivity contribution in [3.8, 4) is 5.75 Å². The van der Waals surface area contributed by atoms with Crippen LogP contribution in [0, 0.1) is 19.8 Å². The fourth-order valence-corrected chi connectivity index (χ4v) is 4.71. The molecular formula is C24H32N2O2. The van der Waals surface area contributed by atoms with Crippen LogP contribution in [0.4, 0.5) is 0 Å². The zero-order valence-electron chi connectivity index (χ0n) is 17.0. The summed E-state index contributed by atoms with van der Waals surface area (Å²) in [6, 6.07) is 12.9. The van der Waals surface area contributed by atoms with Crippen LogP contribution in [0.2, 0.25) is 0 Å². The summed E-state index contributed by atoms with van der Waals surface area (Å²) < 4.78 is 6.41. The first-order chi connectivity index (χ1) is 13.5. The van der Waals surface area contributed by atoms with Crippen molar-refractivity contribution in [3.05, 3.63) is 64.2 Å². The zero-order chi connectivity index (χ0) is 19.7. The smallest absolute Gasteiger partial charge is 0.122 e. The normalized spacial score (nSPS) is 23.5. The molecule has 0 aromatic heterocycles. The highest BCUT2D eigenvalue weighted by molar-refractivity contribution is 5.47. The topological polar surface area (TPSA) is 58.7 Å². The fraction of sp³-hybridized carbons (Fsp3) is 0.500. The first-order valence-electron chi connectivity index (χ1n) is 10.5. The maximum absolute atomic E-state index is 10.6. The molecule has 4 nitrogen and oxygen atoms in total. The number of aromatic hydroxyl groups is 1. The van der Waals surface area contributed by atoms with Gasteiger partial charge in [0.15, 0.2) is 0 Å². The van der Waals surface area contributed by atoms with Gasteiger partial charge in [-0.3, -0.25) is 4.90 Å². The van der Waals surface area contributed by atoms with E-state index in [1.807, 2.05) is 13.0 Å². The molecule has 0 saturated carbocycles. The van der Waals surface area contributed by atoms with Gasteiger partial charge >= 0.3 is 0 Å². The van der Waals surface area contributed by atoms with Crippen LogP contribution in [0.3, 0.4) is 0 Å². The van der Waals surface area contributed by atoms with E-state index in [1.165, 1.54) is 11.1 Å². The molecule has 2 aliphatic rings. The SMILES string of the molecule is Cc1ccc(CN2CCC([C@@H]3Cc4c(ccc(C)c4O)[C@H](CN)O3)CC2)cc1. The van der Waals surface area contributed by atoms with E-state index in [4.69, 9.17) is 10.5 Å². The Bertz CT molecular complexity index is 810. The second-order valence-corrected chi connectivity index (χ2v) is 8.50. The molecule has 2 aliphatic heterocycles.